The second-order valence-corrected chi connectivity index (χ2v) is 6.79. The maximum atomic E-state index is 13.3. The predicted molar refractivity (Wildman–Crippen MR) is 101 cm³/mol. The van der Waals surface area contributed by atoms with E-state index in [0.717, 1.165) is 18.1 Å². The number of hydrogen-bond acceptors (Lipinski definition) is 3. The molecule has 0 aliphatic heterocycles. The molecule has 2 aromatic rings. The summed E-state index contributed by atoms with van der Waals surface area (Å²) in [5.74, 6) is -1.55. The summed E-state index contributed by atoms with van der Waals surface area (Å²) in [6.45, 7) is 3.90. The number of aliphatic hydroxyl groups is 1. The van der Waals surface area contributed by atoms with Gasteiger partial charge in [0.25, 0.3) is 0 Å². The van der Waals surface area contributed by atoms with Crippen LogP contribution in [-0.2, 0) is 24.2 Å². The Kier molecular flexibility index (Phi) is 7.45. The highest BCUT2D eigenvalue weighted by atomic mass is 19.1. The number of rotatable bonds is 8. The number of nitrogens with two attached hydrogens (primary N) is 1. The standard InChI is InChI=1S/C21H26F2N2O2/c1-3-15-5-4-6-16(7-15)12-25(14(2)26)13-21(27)20(24)10-17-8-18(22)11-19(23)9-17/h4-9,11,20-21,27H,3,10,12-13,24H2,1-2H3/t20-,21+/m0/s1. The van der Waals surface area contributed by atoms with E-state index in [1.807, 2.05) is 24.3 Å². The predicted octanol–water partition coefficient (Wildman–Crippen LogP) is 2.81. The first-order valence-corrected chi connectivity index (χ1v) is 9.00. The van der Waals surface area contributed by atoms with Gasteiger partial charge >= 0.3 is 0 Å². The lowest BCUT2D eigenvalue weighted by molar-refractivity contribution is -0.131. The average Bonchev–Trinajstić information content (AvgIpc) is 2.60. The zero-order valence-electron chi connectivity index (χ0n) is 15.7. The molecule has 0 aliphatic carbocycles. The molecule has 0 radical (unpaired) electrons. The molecule has 4 nitrogen and oxygen atoms in total. The summed E-state index contributed by atoms with van der Waals surface area (Å²) in [5.41, 5.74) is 8.51. The van der Waals surface area contributed by atoms with E-state index in [1.165, 1.54) is 29.5 Å². The fourth-order valence-corrected chi connectivity index (χ4v) is 2.97. The second-order valence-electron chi connectivity index (χ2n) is 6.79. The first-order chi connectivity index (χ1) is 12.8. The largest absolute Gasteiger partial charge is 0.390 e. The molecule has 0 fully saturated rings. The highest BCUT2D eigenvalue weighted by Gasteiger charge is 2.21. The lowest BCUT2D eigenvalue weighted by Gasteiger charge is -2.27. The number of carbonyl (C=O) groups excluding carboxylic acids is 1. The Balaban J connectivity index is 2.02. The molecule has 1 amide bonds. The Morgan fingerprint density at radius 2 is 1.74 bits per heavy atom. The summed E-state index contributed by atoms with van der Waals surface area (Å²) in [7, 11) is 0. The van der Waals surface area contributed by atoms with Gasteiger partial charge in [0, 0.05) is 32.1 Å². The number of aliphatic hydroxyl groups excluding tert-OH is 1. The van der Waals surface area contributed by atoms with Crippen LogP contribution >= 0.6 is 0 Å². The number of aryl methyl sites for hydroxylation is 1. The summed E-state index contributed by atoms with van der Waals surface area (Å²) < 4.78 is 26.6. The molecular weight excluding hydrogens is 350 g/mol. The molecule has 6 heteroatoms. The zero-order chi connectivity index (χ0) is 20.0. The van der Waals surface area contributed by atoms with Gasteiger partial charge in [-0.05, 0) is 41.7 Å². The van der Waals surface area contributed by atoms with Gasteiger partial charge in [0.05, 0.1) is 6.10 Å². The van der Waals surface area contributed by atoms with Crippen molar-refractivity contribution in [1.29, 1.82) is 0 Å². The fourth-order valence-electron chi connectivity index (χ4n) is 2.97. The third-order valence-electron chi connectivity index (χ3n) is 4.51. The van der Waals surface area contributed by atoms with Crippen LogP contribution in [-0.4, -0.2) is 34.6 Å². The topological polar surface area (TPSA) is 66.6 Å². The van der Waals surface area contributed by atoms with E-state index < -0.39 is 23.8 Å². The molecule has 0 heterocycles. The SMILES string of the molecule is CCc1cccc(CN(C[C@@H](O)[C@@H](N)Cc2cc(F)cc(F)c2)C(C)=O)c1. The van der Waals surface area contributed by atoms with Crippen molar-refractivity contribution in [3.8, 4) is 0 Å². The van der Waals surface area contributed by atoms with Crippen LogP contribution in [0.15, 0.2) is 42.5 Å². The van der Waals surface area contributed by atoms with E-state index in [1.54, 1.807) is 0 Å². The van der Waals surface area contributed by atoms with E-state index in [2.05, 4.69) is 6.92 Å². The lowest BCUT2D eigenvalue weighted by Crippen LogP contribution is -2.45. The van der Waals surface area contributed by atoms with Crippen LogP contribution in [0.1, 0.15) is 30.5 Å². The molecule has 27 heavy (non-hydrogen) atoms. The fraction of sp³-hybridized carbons (Fsp3) is 0.381. The van der Waals surface area contributed by atoms with Gasteiger partial charge in [-0.3, -0.25) is 4.79 Å². The van der Waals surface area contributed by atoms with E-state index in [9.17, 15) is 18.7 Å². The maximum absolute atomic E-state index is 13.3. The van der Waals surface area contributed by atoms with Crippen molar-refractivity contribution in [3.05, 3.63) is 70.8 Å². The third-order valence-corrected chi connectivity index (χ3v) is 4.51. The molecule has 3 N–H and O–H groups in total. The van der Waals surface area contributed by atoms with Crippen molar-refractivity contribution in [2.24, 2.45) is 5.73 Å². The number of amides is 1. The molecule has 2 atom stereocenters. The maximum Gasteiger partial charge on any atom is 0.219 e. The minimum atomic E-state index is -1.02. The van der Waals surface area contributed by atoms with E-state index in [4.69, 9.17) is 5.73 Å². The number of halogens is 2. The number of hydrogen-bond donors (Lipinski definition) is 2. The van der Waals surface area contributed by atoms with E-state index in [0.29, 0.717) is 12.1 Å². The smallest absolute Gasteiger partial charge is 0.219 e. The van der Waals surface area contributed by atoms with Crippen LogP contribution in [0, 0.1) is 11.6 Å². The average molecular weight is 376 g/mol. The molecule has 0 spiro atoms. The molecule has 0 saturated heterocycles. The molecule has 2 rings (SSSR count). The van der Waals surface area contributed by atoms with Crippen molar-refractivity contribution in [3.63, 3.8) is 0 Å². The Labute approximate surface area is 158 Å². The summed E-state index contributed by atoms with van der Waals surface area (Å²) in [6.07, 6.45) is -0.0204. The van der Waals surface area contributed by atoms with Crippen molar-refractivity contribution in [1.82, 2.24) is 4.90 Å². The van der Waals surface area contributed by atoms with Gasteiger partial charge in [-0.15, -0.1) is 0 Å². The van der Waals surface area contributed by atoms with Crippen molar-refractivity contribution in [2.45, 2.75) is 45.4 Å². The molecular formula is C21H26F2N2O2. The Morgan fingerprint density at radius 1 is 1.11 bits per heavy atom. The minimum absolute atomic E-state index is 0.0463. The van der Waals surface area contributed by atoms with Crippen LogP contribution in [0.25, 0.3) is 0 Å². The van der Waals surface area contributed by atoms with Crippen LogP contribution < -0.4 is 5.73 Å². The van der Waals surface area contributed by atoms with E-state index >= 15 is 0 Å². The molecule has 0 unspecified atom stereocenters. The number of carbonyl (C=O) groups is 1. The highest BCUT2D eigenvalue weighted by Crippen LogP contribution is 2.13. The Bertz CT molecular complexity index is 762. The highest BCUT2D eigenvalue weighted by molar-refractivity contribution is 5.73. The molecule has 2 aromatic carbocycles. The van der Waals surface area contributed by atoms with Gasteiger partial charge in [0.15, 0.2) is 0 Å². The molecule has 0 aromatic heterocycles. The lowest BCUT2D eigenvalue weighted by atomic mass is 10.0. The normalized spacial score (nSPS) is 13.3. The van der Waals surface area contributed by atoms with Crippen molar-refractivity contribution < 1.29 is 18.7 Å². The number of nitrogens with zero attached hydrogens (tertiary/aromatic N) is 1. The van der Waals surface area contributed by atoms with Crippen molar-refractivity contribution >= 4 is 5.91 Å². The molecule has 0 saturated carbocycles. The first-order valence-electron chi connectivity index (χ1n) is 9.00. The Hall–Kier alpha value is -2.31. The van der Waals surface area contributed by atoms with Crippen LogP contribution in [0.3, 0.4) is 0 Å². The summed E-state index contributed by atoms with van der Waals surface area (Å²) in [5, 5.41) is 10.4. The summed E-state index contributed by atoms with van der Waals surface area (Å²) in [4.78, 5) is 13.5. The molecule has 146 valence electrons. The minimum Gasteiger partial charge on any atom is -0.390 e. The monoisotopic (exact) mass is 376 g/mol. The van der Waals surface area contributed by atoms with Gasteiger partial charge in [-0.25, -0.2) is 8.78 Å². The molecule has 0 bridgehead atoms. The number of benzene rings is 2. The Morgan fingerprint density at radius 3 is 2.33 bits per heavy atom. The van der Waals surface area contributed by atoms with Crippen LogP contribution in [0.2, 0.25) is 0 Å². The zero-order valence-corrected chi connectivity index (χ0v) is 15.7. The van der Waals surface area contributed by atoms with Gasteiger partial charge in [-0.2, -0.15) is 0 Å². The van der Waals surface area contributed by atoms with E-state index in [-0.39, 0.29) is 18.9 Å². The quantitative estimate of drug-likeness (QED) is 0.745. The van der Waals surface area contributed by atoms with Crippen LogP contribution in [0.4, 0.5) is 8.78 Å². The van der Waals surface area contributed by atoms with Crippen molar-refractivity contribution in [2.75, 3.05) is 6.54 Å². The van der Waals surface area contributed by atoms with Gasteiger partial charge < -0.3 is 15.7 Å². The van der Waals surface area contributed by atoms with Gasteiger partial charge in [-0.1, -0.05) is 31.2 Å². The van der Waals surface area contributed by atoms with Gasteiger partial charge in [0.2, 0.25) is 5.91 Å². The molecule has 0 aliphatic rings. The summed E-state index contributed by atoms with van der Waals surface area (Å²) >= 11 is 0. The third kappa shape index (κ3) is 6.41. The van der Waals surface area contributed by atoms with Gasteiger partial charge in [0.1, 0.15) is 11.6 Å². The second kappa shape index (κ2) is 9.58. The first kappa shape index (κ1) is 21.0. The van der Waals surface area contributed by atoms with Crippen LogP contribution in [0.5, 0.6) is 0 Å². The summed E-state index contributed by atoms with van der Waals surface area (Å²) in [6, 6.07) is 10.3.